The van der Waals surface area contributed by atoms with Gasteiger partial charge in [0.25, 0.3) is 5.91 Å². The Morgan fingerprint density at radius 2 is 2.12 bits per heavy atom. The Bertz CT molecular complexity index is 407. The fraction of sp³-hybridized carbons (Fsp3) is 0.300. The lowest BCUT2D eigenvalue weighted by Crippen LogP contribution is -2.41. The molecule has 3 nitrogen and oxygen atoms in total. The molecule has 16 heavy (non-hydrogen) atoms. The highest BCUT2D eigenvalue weighted by atomic mass is 35.5. The Morgan fingerprint density at radius 1 is 1.50 bits per heavy atom. The van der Waals surface area contributed by atoms with E-state index in [0.29, 0.717) is 15.7 Å². The molecule has 0 heterocycles. The van der Waals surface area contributed by atoms with Gasteiger partial charge in [-0.25, -0.2) is 0 Å². The predicted molar refractivity (Wildman–Crippen MR) is 66.4 cm³/mol. The number of aliphatic hydroxyl groups is 1. The minimum absolute atomic E-state index is 0.211. The van der Waals surface area contributed by atoms with E-state index in [-0.39, 0.29) is 5.88 Å². The van der Waals surface area contributed by atoms with Gasteiger partial charge in [0.15, 0.2) is 5.60 Å². The Morgan fingerprint density at radius 3 is 2.69 bits per heavy atom. The number of amides is 1. The van der Waals surface area contributed by atoms with E-state index < -0.39 is 11.5 Å². The fourth-order valence-corrected chi connectivity index (χ4v) is 1.37. The van der Waals surface area contributed by atoms with Gasteiger partial charge in [-0.1, -0.05) is 23.2 Å². The zero-order chi connectivity index (χ0) is 12.3. The highest BCUT2D eigenvalue weighted by molar-refractivity contribution is 6.35. The van der Waals surface area contributed by atoms with Gasteiger partial charge < -0.3 is 10.4 Å². The van der Waals surface area contributed by atoms with Crippen LogP contribution in [-0.2, 0) is 4.79 Å². The maximum absolute atomic E-state index is 11.6. The Kier molecular flexibility index (Phi) is 4.44. The Labute approximate surface area is 108 Å². The van der Waals surface area contributed by atoms with Crippen LogP contribution in [-0.4, -0.2) is 22.5 Å². The molecule has 1 unspecified atom stereocenters. The summed E-state index contributed by atoms with van der Waals surface area (Å²) in [5.74, 6) is -0.844. The number of carbonyl (C=O) groups excluding carboxylic acids is 1. The molecule has 1 atom stereocenters. The standard InChI is InChI=1S/C10H10Cl3NO2/c1-10(16,5-11)9(15)14-8-4-6(12)2-3-7(8)13/h2-4,16H,5H2,1H3,(H,14,15). The van der Waals surface area contributed by atoms with Crippen LogP contribution < -0.4 is 5.32 Å². The number of anilines is 1. The topological polar surface area (TPSA) is 49.3 Å². The van der Waals surface area contributed by atoms with Crippen LogP contribution in [0.5, 0.6) is 0 Å². The van der Waals surface area contributed by atoms with Gasteiger partial charge in [-0.05, 0) is 25.1 Å². The third-order valence-electron chi connectivity index (χ3n) is 1.93. The SMILES string of the molecule is CC(O)(CCl)C(=O)Nc1cc(Cl)ccc1Cl. The first-order valence-corrected chi connectivity index (χ1v) is 5.70. The second-order valence-electron chi connectivity index (χ2n) is 3.49. The van der Waals surface area contributed by atoms with Crippen molar-refractivity contribution in [2.45, 2.75) is 12.5 Å². The van der Waals surface area contributed by atoms with Crippen LogP contribution in [0.15, 0.2) is 18.2 Å². The number of alkyl halides is 1. The van der Waals surface area contributed by atoms with Crippen molar-refractivity contribution in [1.82, 2.24) is 0 Å². The van der Waals surface area contributed by atoms with E-state index in [1.165, 1.54) is 13.0 Å². The summed E-state index contributed by atoms with van der Waals surface area (Å²) in [4.78, 5) is 11.6. The molecule has 1 amide bonds. The average Bonchev–Trinajstić information content (AvgIpc) is 2.23. The van der Waals surface area contributed by atoms with Crippen molar-refractivity contribution >= 4 is 46.4 Å². The van der Waals surface area contributed by atoms with Crippen LogP contribution in [0, 0.1) is 0 Å². The van der Waals surface area contributed by atoms with Gasteiger partial charge in [0.1, 0.15) is 0 Å². The zero-order valence-electron chi connectivity index (χ0n) is 8.43. The largest absolute Gasteiger partial charge is 0.379 e. The molecule has 6 heteroatoms. The predicted octanol–water partition coefficient (Wildman–Crippen LogP) is 2.92. The first-order valence-electron chi connectivity index (χ1n) is 4.41. The van der Waals surface area contributed by atoms with Gasteiger partial charge in [-0.3, -0.25) is 4.79 Å². The van der Waals surface area contributed by atoms with Crippen LogP contribution in [0.3, 0.4) is 0 Å². The van der Waals surface area contributed by atoms with Gasteiger partial charge in [0.05, 0.1) is 16.6 Å². The van der Waals surface area contributed by atoms with Gasteiger partial charge in [0, 0.05) is 5.02 Å². The first kappa shape index (κ1) is 13.6. The third-order valence-corrected chi connectivity index (χ3v) is 3.01. The highest BCUT2D eigenvalue weighted by Gasteiger charge is 2.29. The summed E-state index contributed by atoms with van der Waals surface area (Å²) >= 11 is 17.1. The molecule has 1 aromatic carbocycles. The van der Waals surface area contributed by atoms with Gasteiger partial charge in [0.2, 0.25) is 0 Å². The summed E-state index contributed by atoms with van der Waals surface area (Å²) in [5.41, 5.74) is -1.31. The maximum Gasteiger partial charge on any atom is 0.257 e. The number of rotatable bonds is 3. The lowest BCUT2D eigenvalue weighted by Gasteiger charge is -2.19. The molecular formula is C10H10Cl3NO2. The minimum Gasteiger partial charge on any atom is -0.379 e. The minimum atomic E-state index is -1.65. The molecule has 0 saturated heterocycles. The first-order chi connectivity index (χ1) is 7.36. The molecule has 0 aliphatic heterocycles. The second kappa shape index (κ2) is 5.23. The number of benzene rings is 1. The number of halogens is 3. The number of hydrogen-bond acceptors (Lipinski definition) is 2. The van der Waals surface area contributed by atoms with Crippen molar-refractivity contribution in [1.29, 1.82) is 0 Å². The van der Waals surface area contributed by atoms with E-state index in [1.807, 2.05) is 0 Å². The lowest BCUT2D eigenvalue weighted by molar-refractivity contribution is -0.130. The average molecular weight is 283 g/mol. The van der Waals surface area contributed by atoms with Crippen molar-refractivity contribution in [3.63, 3.8) is 0 Å². The Hall–Kier alpha value is -0.480. The van der Waals surface area contributed by atoms with Crippen LogP contribution in [0.1, 0.15) is 6.92 Å². The molecule has 0 aliphatic rings. The molecule has 1 rings (SSSR count). The van der Waals surface area contributed by atoms with Crippen LogP contribution in [0.25, 0.3) is 0 Å². The van der Waals surface area contributed by atoms with Crippen molar-refractivity contribution in [3.8, 4) is 0 Å². The van der Waals surface area contributed by atoms with Gasteiger partial charge >= 0.3 is 0 Å². The van der Waals surface area contributed by atoms with Crippen molar-refractivity contribution in [2.24, 2.45) is 0 Å². The molecule has 88 valence electrons. The third kappa shape index (κ3) is 3.25. The molecule has 0 spiro atoms. The molecular weight excluding hydrogens is 272 g/mol. The summed E-state index contributed by atoms with van der Waals surface area (Å²) in [6.45, 7) is 1.31. The van der Waals surface area contributed by atoms with Gasteiger partial charge in [-0.15, -0.1) is 11.6 Å². The summed E-state index contributed by atoms with van der Waals surface area (Å²) in [5, 5.41) is 12.8. The van der Waals surface area contributed by atoms with E-state index in [4.69, 9.17) is 34.8 Å². The van der Waals surface area contributed by atoms with E-state index in [2.05, 4.69) is 5.32 Å². The molecule has 1 aromatic rings. The van der Waals surface area contributed by atoms with Crippen molar-refractivity contribution in [3.05, 3.63) is 28.2 Å². The molecule has 0 saturated carbocycles. The zero-order valence-corrected chi connectivity index (χ0v) is 10.7. The fourth-order valence-electron chi connectivity index (χ4n) is 0.911. The quantitative estimate of drug-likeness (QED) is 0.838. The second-order valence-corrected chi connectivity index (χ2v) is 4.60. The highest BCUT2D eigenvalue weighted by Crippen LogP contribution is 2.26. The van der Waals surface area contributed by atoms with E-state index in [1.54, 1.807) is 12.1 Å². The van der Waals surface area contributed by atoms with Gasteiger partial charge in [-0.2, -0.15) is 0 Å². The van der Waals surface area contributed by atoms with Crippen LogP contribution in [0.2, 0.25) is 10.0 Å². The molecule has 0 aliphatic carbocycles. The summed E-state index contributed by atoms with van der Waals surface area (Å²) < 4.78 is 0. The summed E-state index contributed by atoms with van der Waals surface area (Å²) in [6, 6.07) is 4.64. The van der Waals surface area contributed by atoms with Crippen molar-refractivity contribution < 1.29 is 9.90 Å². The Balaban J connectivity index is 2.89. The number of hydrogen-bond donors (Lipinski definition) is 2. The summed E-state index contributed by atoms with van der Waals surface area (Å²) in [6.07, 6.45) is 0. The smallest absolute Gasteiger partial charge is 0.257 e. The normalized spacial score (nSPS) is 14.3. The van der Waals surface area contributed by atoms with Crippen LogP contribution >= 0.6 is 34.8 Å². The van der Waals surface area contributed by atoms with E-state index >= 15 is 0 Å². The monoisotopic (exact) mass is 281 g/mol. The maximum atomic E-state index is 11.6. The van der Waals surface area contributed by atoms with E-state index in [9.17, 15) is 9.90 Å². The van der Waals surface area contributed by atoms with E-state index in [0.717, 1.165) is 0 Å². The molecule has 2 N–H and O–H groups in total. The molecule has 0 radical (unpaired) electrons. The lowest BCUT2D eigenvalue weighted by atomic mass is 10.1. The summed E-state index contributed by atoms with van der Waals surface area (Å²) in [7, 11) is 0. The molecule has 0 bridgehead atoms. The molecule has 0 aromatic heterocycles. The van der Waals surface area contributed by atoms with Crippen molar-refractivity contribution in [2.75, 3.05) is 11.2 Å². The number of nitrogens with one attached hydrogen (secondary N) is 1. The molecule has 0 fully saturated rings. The number of carbonyl (C=O) groups is 1. The van der Waals surface area contributed by atoms with Crippen LogP contribution in [0.4, 0.5) is 5.69 Å².